The highest BCUT2D eigenvalue weighted by Gasteiger charge is 2.16. The Morgan fingerprint density at radius 1 is 1.27 bits per heavy atom. The summed E-state index contributed by atoms with van der Waals surface area (Å²) in [7, 11) is -1.43. The van der Waals surface area contributed by atoms with Crippen LogP contribution in [0.1, 0.15) is 0 Å². The summed E-state index contributed by atoms with van der Waals surface area (Å²) in [6, 6.07) is 5.61. The van der Waals surface area contributed by atoms with E-state index in [2.05, 4.69) is 4.98 Å². The number of thioether (sulfide) groups is 1. The number of fused-ring (bicyclic) bond motifs is 1. The summed E-state index contributed by atoms with van der Waals surface area (Å²) >= 11 is 1.50. The number of aromatic nitrogens is 1. The van der Waals surface area contributed by atoms with Crippen molar-refractivity contribution in [3.05, 3.63) is 30.6 Å². The summed E-state index contributed by atoms with van der Waals surface area (Å²) in [5.41, 5.74) is 0.531. The second kappa shape index (κ2) is 4.22. The second-order valence-corrected chi connectivity index (χ2v) is 4.04. The van der Waals surface area contributed by atoms with E-state index in [1.54, 1.807) is 18.5 Å². The van der Waals surface area contributed by atoms with Crippen molar-refractivity contribution in [3.63, 3.8) is 0 Å². The summed E-state index contributed by atoms with van der Waals surface area (Å²) < 4.78 is 0. The maximum Gasteiger partial charge on any atom is 0.489 e. The van der Waals surface area contributed by atoms with Crippen molar-refractivity contribution in [2.75, 3.05) is 6.26 Å². The minimum absolute atomic E-state index is 0.531. The van der Waals surface area contributed by atoms with E-state index < -0.39 is 7.12 Å². The Kier molecular flexibility index (Phi) is 2.95. The van der Waals surface area contributed by atoms with Gasteiger partial charge in [-0.3, -0.25) is 4.98 Å². The van der Waals surface area contributed by atoms with E-state index in [0.29, 0.717) is 5.46 Å². The van der Waals surface area contributed by atoms with Gasteiger partial charge in [0.25, 0.3) is 0 Å². The molecular weight excluding hydrogens is 209 g/mol. The number of nitrogens with zero attached hydrogens (tertiary/aromatic N) is 1. The van der Waals surface area contributed by atoms with Gasteiger partial charge in [0.05, 0.1) is 0 Å². The molecule has 2 rings (SSSR count). The Balaban J connectivity index is 2.69. The SMILES string of the molecule is CSc1cc2ccncc2cc1B(O)O. The Morgan fingerprint density at radius 2 is 2.07 bits per heavy atom. The van der Waals surface area contributed by atoms with E-state index in [0.717, 1.165) is 15.7 Å². The first-order valence-corrected chi connectivity index (χ1v) is 5.72. The first-order chi connectivity index (χ1) is 7.22. The molecule has 0 aliphatic heterocycles. The Labute approximate surface area is 92.3 Å². The van der Waals surface area contributed by atoms with Gasteiger partial charge in [-0.05, 0) is 34.6 Å². The minimum atomic E-state index is -1.43. The minimum Gasteiger partial charge on any atom is -0.423 e. The third kappa shape index (κ3) is 1.99. The molecule has 3 nitrogen and oxygen atoms in total. The van der Waals surface area contributed by atoms with Gasteiger partial charge in [0.1, 0.15) is 0 Å². The van der Waals surface area contributed by atoms with Gasteiger partial charge in [0, 0.05) is 17.3 Å². The third-order valence-corrected chi connectivity index (χ3v) is 3.06. The van der Waals surface area contributed by atoms with Crippen LogP contribution >= 0.6 is 11.8 Å². The lowest BCUT2D eigenvalue weighted by molar-refractivity contribution is 0.425. The number of hydrogen-bond donors (Lipinski definition) is 2. The Hall–Kier alpha value is -1.04. The fraction of sp³-hybridized carbons (Fsp3) is 0.100. The fourth-order valence-electron chi connectivity index (χ4n) is 1.51. The van der Waals surface area contributed by atoms with Gasteiger partial charge in [-0.25, -0.2) is 0 Å². The summed E-state index contributed by atoms with van der Waals surface area (Å²) in [6.45, 7) is 0. The van der Waals surface area contributed by atoms with E-state index in [-0.39, 0.29) is 0 Å². The number of hydrogen-bond acceptors (Lipinski definition) is 4. The van der Waals surface area contributed by atoms with Crippen LogP contribution < -0.4 is 5.46 Å². The molecule has 0 bridgehead atoms. The van der Waals surface area contributed by atoms with E-state index >= 15 is 0 Å². The van der Waals surface area contributed by atoms with Crippen molar-refractivity contribution in [1.82, 2.24) is 4.98 Å². The van der Waals surface area contributed by atoms with Crippen LogP contribution in [0.2, 0.25) is 0 Å². The number of pyridine rings is 1. The van der Waals surface area contributed by atoms with Crippen LogP contribution in [0.4, 0.5) is 0 Å². The molecule has 76 valence electrons. The zero-order chi connectivity index (χ0) is 10.8. The molecule has 0 fully saturated rings. The second-order valence-electron chi connectivity index (χ2n) is 3.19. The van der Waals surface area contributed by atoms with Crippen molar-refractivity contribution >= 4 is 35.1 Å². The number of rotatable bonds is 2. The quantitative estimate of drug-likeness (QED) is 0.574. The molecule has 0 unspecified atom stereocenters. The molecule has 0 saturated heterocycles. The molecule has 15 heavy (non-hydrogen) atoms. The standard InChI is InChI=1S/C10H10BNO2S/c1-15-10-5-7-2-3-12-6-8(7)4-9(10)11(13)14/h2-6,13-14H,1H3. The van der Waals surface area contributed by atoms with Gasteiger partial charge in [0.15, 0.2) is 0 Å². The highest BCUT2D eigenvalue weighted by Crippen LogP contribution is 2.19. The largest absolute Gasteiger partial charge is 0.489 e. The molecule has 1 aromatic heterocycles. The normalized spacial score (nSPS) is 10.6. The first kappa shape index (κ1) is 10.5. The van der Waals surface area contributed by atoms with Crippen LogP contribution in [0, 0.1) is 0 Å². The molecule has 5 heteroatoms. The van der Waals surface area contributed by atoms with Gasteiger partial charge >= 0.3 is 7.12 Å². The highest BCUT2D eigenvalue weighted by atomic mass is 32.2. The molecule has 0 aliphatic rings. The molecule has 1 aromatic carbocycles. The van der Waals surface area contributed by atoms with E-state index in [1.165, 1.54) is 11.8 Å². The van der Waals surface area contributed by atoms with Crippen molar-refractivity contribution in [2.24, 2.45) is 0 Å². The zero-order valence-corrected chi connectivity index (χ0v) is 9.03. The lowest BCUT2D eigenvalue weighted by atomic mass is 9.79. The van der Waals surface area contributed by atoms with Crippen LogP contribution in [-0.4, -0.2) is 28.4 Å². The van der Waals surface area contributed by atoms with Crippen LogP contribution in [0.25, 0.3) is 10.8 Å². The summed E-state index contributed by atoms with van der Waals surface area (Å²) in [6.07, 6.45) is 5.35. The predicted octanol–water partition coefficient (Wildman–Crippen LogP) is 0.636. The summed E-state index contributed by atoms with van der Waals surface area (Å²) in [5.74, 6) is 0. The van der Waals surface area contributed by atoms with Gasteiger partial charge in [0.2, 0.25) is 0 Å². The van der Waals surface area contributed by atoms with Crippen molar-refractivity contribution in [1.29, 1.82) is 0 Å². The van der Waals surface area contributed by atoms with Crippen LogP contribution in [0.5, 0.6) is 0 Å². The number of benzene rings is 1. The maximum atomic E-state index is 9.22. The smallest absolute Gasteiger partial charge is 0.423 e. The van der Waals surface area contributed by atoms with Gasteiger partial charge < -0.3 is 10.0 Å². The van der Waals surface area contributed by atoms with Crippen LogP contribution in [0.15, 0.2) is 35.5 Å². The average molecular weight is 219 g/mol. The van der Waals surface area contributed by atoms with E-state index in [1.807, 2.05) is 18.4 Å². The molecule has 0 aliphatic carbocycles. The van der Waals surface area contributed by atoms with Gasteiger partial charge in [-0.15, -0.1) is 11.8 Å². The fourth-order valence-corrected chi connectivity index (χ4v) is 2.16. The molecular formula is C10H10BNO2S. The molecule has 2 aromatic rings. The van der Waals surface area contributed by atoms with Crippen molar-refractivity contribution < 1.29 is 10.0 Å². The van der Waals surface area contributed by atoms with Crippen molar-refractivity contribution in [3.8, 4) is 0 Å². The van der Waals surface area contributed by atoms with Crippen LogP contribution in [-0.2, 0) is 0 Å². The average Bonchev–Trinajstić information content (AvgIpc) is 2.27. The molecule has 0 atom stereocenters. The molecule has 0 amide bonds. The lowest BCUT2D eigenvalue weighted by Crippen LogP contribution is -2.31. The Morgan fingerprint density at radius 3 is 2.73 bits per heavy atom. The monoisotopic (exact) mass is 219 g/mol. The lowest BCUT2D eigenvalue weighted by Gasteiger charge is -2.08. The predicted molar refractivity (Wildman–Crippen MR) is 63.3 cm³/mol. The molecule has 1 heterocycles. The maximum absolute atomic E-state index is 9.22. The Bertz CT molecular complexity index is 490. The zero-order valence-electron chi connectivity index (χ0n) is 8.21. The molecule has 0 radical (unpaired) electrons. The first-order valence-electron chi connectivity index (χ1n) is 4.50. The highest BCUT2D eigenvalue weighted by molar-refractivity contribution is 7.98. The van der Waals surface area contributed by atoms with Gasteiger partial charge in [-0.2, -0.15) is 0 Å². The topological polar surface area (TPSA) is 53.4 Å². The third-order valence-electron chi connectivity index (χ3n) is 2.27. The molecule has 0 saturated carbocycles. The van der Waals surface area contributed by atoms with Crippen molar-refractivity contribution in [2.45, 2.75) is 4.90 Å². The summed E-state index contributed by atoms with van der Waals surface area (Å²) in [5, 5.41) is 20.4. The van der Waals surface area contributed by atoms with E-state index in [9.17, 15) is 10.0 Å². The molecule has 0 spiro atoms. The van der Waals surface area contributed by atoms with Crippen LogP contribution in [0.3, 0.4) is 0 Å². The summed E-state index contributed by atoms with van der Waals surface area (Å²) in [4.78, 5) is 4.88. The van der Waals surface area contributed by atoms with E-state index in [4.69, 9.17) is 0 Å². The van der Waals surface area contributed by atoms with Gasteiger partial charge in [-0.1, -0.05) is 6.07 Å². The molecule has 2 N–H and O–H groups in total.